The highest BCUT2D eigenvalue weighted by molar-refractivity contribution is 5.50. The number of hydrogen-bond donors (Lipinski definition) is 1. The molecule has 1 aromatic rings. The van der Waals surface area contributed by atoms with Gasteiger partial charge in [0.2, 0.25) is 0 Å². The Morgan fingerprint density at radius 3 is 2.32 bits per heavy atom. The lowest BCUT2D eigenvalue weighted by Crippen LogP contribution is -2.31. The van der Waals surface area contributed by atoms with Gasteiger partial charge < -0.3 is 10.5 Å². The highest BCUT2D eigenvalue weighted by Gasteiger charge is 2.36. The van der Waals surface area contributed by atoms with Crippen LogP contribution in [0.25, 0.3) is 0 Å². The monoisotopic (exact) mass is 260 g/mol. The fourth-order valence-corrected chi connectivity index (χ4v) is 2.76. The first-order chi connectivity index (χ1) is 9.13. The van der Waals surface area contributed by atoms with Gasteiger partial charge in [-0.25, -0.2) is 9.97 Å². The van der Waals surface area contributed by atoms with Gasteiger partial charge in [0.1, 0.15) is 23.1 Å². The molecule has 0 aromatic carbocycles. The molecule has 1 aliphatic carbocycles. The van der Waals surface area contributed by atoms with E-state index in [2.05, 4.69) is 9.97 Å². The highest BCUT2D eigenvalue weighted by Crippen LogP contribution is 2.37. The SMILES string of the molecule is COC1(c2nc(C)c(C#N)c(N)n2)CCCCCC1. The Hall–Kier alpha value is -1.67. The third-order valence-corrected chi connectivity index (χ3v) is 3.94. The number of aromatic nitrogens is 2. The van der Waals surface area contributed by atoms with E-state index in [1.807, 2.05) is 6.07 Å². The van der Waals surface area contributed by atoms with Crippen molar-refractivity contribution >= 4 is 5.82 Å². The van der Waals surface area contributed by atoms with Gasteiger partial charge in [0, 0.05) is 7.11 Å². The molecule has 0 unspecified atom stereocenters. The first-order valence-electron chi connectivity index (χ1n) is 6.73. The van der Waals surface area contributed by atoms with Gasteiger partial charge in [-0.3, -0.25) is 0 Å². The number of aryl methyl sites for hydroxylation is 1. The van der Waals surface area contributed by atoms with Gasteiger partial charge in [-0.05, 0) is 19.8 Å². The Morgan fingerprint density at radius 1 is 1.21 bits per heavy atom. The molecule has 2 rings (SSSR count). The van der Waals surface area contributed by atoms with Crippen LogP contribution < -0.4 is 5.73 Å². The van der Waals surface area contributed by atoms with Crippen molar-refractivity contribution in [1.29, 1.82) is 5.26 Å². The minimum atomic E-state index is -0.441. The van der Waals surface area contributed by atoms with Crippen LogP contribution in [0.2, 0.25) is 0 Å². The summed E-state index contributed by atoms with van der Waals surface area (Å²) < 4.78 is 5.76. The summed E-state index contributed by atoms with van der Waals surface area (Å²) in [7, 11) is 1.71. The maximum absolute atomic E-state index is 9.03. The van der Waals surface area contributed by atoms with Crippen LogP contribution in [0.1, 0.15) is 55.6 Å². The average molecular weight is 260 g/mol. The number of nitrogens with two attached hydrogens (primary N) is 1. The van der Waals surface area contributed by atoms with Crippen LogP contribution in [0, 0.1) is 18.3 Å². The van der Waals surface area contributed by atoms with E-state index in [1.165, 1.54) is 12.8 Å². The number of nitrogen functional groups attached to an aromatic ring is 1. The molecule has 2 N–H and O–H groups in total. The van der Waals surface area contributed by atoms with Crippen molar-refractivity contribution < 1.29 is 4.74 Å². The van der Waals surface area contributed by atoms with Crippen LogP contribution in [0.15, 0.2) is 0 Å². The predicted octanol–water partition coefficient (Wildman–Crippen LogP) is 2.43. The van der Waals surface area contributed by atoms with Crippen LogP contribution in [0.3, 0.4) is 0 Å². The fraction of sp³-hybridized carbons (Fsp3) is 0.643. The maximum atomic E-state index is 9.03. The summed E-state index contributed by atoms with van der Waals surface area (Å²) in [6.45, 7) is 1.79. The first kappa shape index (κ1) is 13.8. The van der Waals surface area contributed by atoms with Gasteiger partial charge in [0.25, 0.3) is 0 Å². The number of methoxy groups -OCH3 is 1. The first-order valence-corrected chi connectivity index (χ1v) is 6.73. The van der Waals surface area contributed by atoms with E-state index >= 15 is 0 Å². The van der Waals surface area contributed by atoms with E-state index in [0.29, 0.717) is 17.1 Å². The number of nitriles is 1. The molecule has 0 spiro atoms. The predicted molar refractivity (Wildman–Crippen MR) is 72.3 cm³/mol. The number of nitrogens with zero attached hydrogens (tertiary/aromatic N) is 3. The van der Waals surface area contributed by atoms with Crippen molar-refractivity contribution in [2.45, 2.75) is 51.0 Å². The van der Waals surface area contributed by atoms with Crippen molar-refractivity contribution in [1.82, 2.24) is 9.97 Å². The zero-order valence-corrected chi connectivity index (χ0v) is 11.6. The molecule has 1 fully saturated rings. The van der Waals surface area contributed by atoms with E-state index in [0.717, 1.165) is 25.7 Å². The van der Waals surface area contributed by atoms with Crippen molar-refractivity contribution in [3.63, 3.8) is 0 Å². The summed E-state index contributed by atoms with van der Waals surface area (Å²) in [4.78, 5) is 8.81. The third kappa shape index (κ3) is 2.54. The van der Waals surface area contributed by atoms with Gasteiger partial charge in [0.15, 0.2) is 5.82 Å². The van der Waals surface area contributed by atoms with Crippen molar-refractivity contribution in [3.8, 4) is 6.07 Å². The van der Waals surface area contributed by atoms with E-state index in [4.69, 9.17) is 15.7 Å². The molecule has 5 nitrogen and oxygen atoms in total. The zero-order chi connectivity index (χ0) is 13.9. The van der Waals surface area contributed by atoms with E-state index in [-0.39, 0.29) is 5.82 Å². The zero-order valence-electron chi connectivity index (χ0n) is 11.6. The molecule has 5 heteroatoms. The normalized spacial score (nSPS) is 18.6. The highest BCUT2D eigenvalue weighted by atomic mass is 16.5. The second-order valence-corrected chi connectivity index (χ2v) is 5.12. The largest absolute Gasteiger partial charge is 0.382 e. The smallest absolute Gasteiger partial charge is 0.162 e. The van der Waals surface area contributed by atoms with Crippen molar-refractivity contribution in [3.05, 3.63) is 17.1 Å². The topological polar surface area (TPSA) is 84.8 Å². The molecule has 1 heterocycles. The minimum absolute atomic E-state index is 0.255. The van der Waals surface area contributed by atoms with Gasteiger partial charge in [-0.1, -0.05) is 25.7 Å². The van der Waals surface area contributed by atoms with Gasteiger partial charge in [0.05, 0.1) is 5.69 Å². The molecule has 19 heavy (non-hydrogen) atoms. The van der Waals surface area contributed by atoms with Crippen LogP contribution >= 0.6 is 0 Å². The minimum Gasteiger partial charge on any atom is -0.382 e. The van der Waals surface area contributed by atoms with Crippen molar-refractivity contribution in [2.24, 2.45) is 0 Å². The van der Waals surface area contributed by atoms with Crippen LogP contribution in [0.4, 0.5) is 5.82 Å². The Balaban J connectivity index is 2.46. The lowest BCUT2D eigenvalue weighted by atomic mass is 9.92. The fourth-order valence-electron chi connectivity index (χ4n) is 2.76. The lowest BCUT2D eigenvalue weighted by Gasteiger charge is -2.30. The standard InChI is InChI=1S/C14H20N4O/c1-10-11(9-15)12(16)18-13(17-10)14(19-2)7-5-3-4-6-8-14/h3-8H2,1-2H3,(H2,16,17,18). The Kier molecular flexibility index (Phi) is 4.01. The molecule has 0 radical (unpaired) electrons. The molecule has 0 aliphatic heterocycles. The number of hydrogen-bond acceptors (Lipinski definition) is 5. The molecule has 1 saturated carbocycles. The molecule has 1 aliphatic rings. The maximum Gasteiger partial charge on any atom is 0.162 e. The number of anilines is 1. The van der Waals surface area contributed by atoms with Gasteiger partial charge in [-0.15, -0.1) is 0 Å². The molecule has 0 saturated heterocycles. The van der Waals surface area contributed by atoms with Crippen LogP contribution in [-0.2, 0) is 10.3 Å². The number of ether oxygens (including phenoxy) is 1. The van der Waals surface area contributed by atoms with Crippen molar-refractivity contribution in [2.75, 3.05) is 12.8 Å². The Bertz CT molecular complexity index is 476. The molecule has 1 aromatic heterocycles. The summed E-state index contributed by atoms with van der Waals surface area (Å²) in [5.41, 5.74) is 6.42. The molecule has 0 bridgehead atoms. The van der Waals surface area contributed by atoms with E-state index < -0.39 is 5.60 Å². The van der Waals surface area contributed by atoms with Gasteiger partial charge >= 0.3 is 0 Å². The molecular formula is C14H20N4O. The summed E-state index contributed by atoms with van der Waals surface area (Å²) in [5.74, 6) is 0.886. The summed E-state index contributed by atoms with van der Waals surface area (Å²) in [5, 5.41) is 9.03. The van der Waals surface area contributed by atoms with E-state index in [9.17, 15) is 0 Å². The number of rotatable bonds is 2. The van der Waals surface area contributed by atoms with E-state index in [1.54, 1.807) is 14.0 Å². The molecule has 0 atom stereocenters. The third-order valence-electron chi connectivity index (χ3n) is 3.94. The molecule has 0 amide bonds. The summed E-state index contributed by atoms with van der Waals surface area (Å²) in [6, 6.07) is 2.05. The molecular weight excluding hydrogens is 240 g/mol. The van der Waals surface area contributed by atoms with Crippen LogP contribution in [-0.4, -0.2) is 17.1 Å². The Labute approximate surface area is 113 Å². The summed E-state index contributed by atoms with van der Waals surface area (Å²) >= 11 is 0. The quantitative estimate of drug-likeness (QED) is 0.825. The Morgan fingerprint density at radius 2 is 1.84 bits per heavy atom. The second-order valence-electron chi connectivity index (χ2n) is 5.12. The van der Waals surface area contributed by atoms with Gasteiger partial charge in [-0.2, -0.15) is 5.26 Å². The van der Waals surface area contributed by atoms with Crippen LogP contribution in [0.5, 0.6) is 0 Å². The molecule has 102 valence electrons. The average Bonchev–Trinajstić information content (AvgIpc) is 2.64. The summed E-state index contributed by atoms with van der Waals surface area (Å²) in [6.07, 6.45) is 6.47. The lowest BCUT2D eigenvalue weighted by molar-refractivity contribution is -0.0351. The second kappa shape index (κ2) is 5.54.